The fraction of sp³-hybridized carbons (Fsp3) is 0.918. The third-order valence-electron chi connectivity index (χ3n) is 13.8. The Labute approximate surface area is 418 Å². The summed E-state index contributed by atoms with van der Waals surface area (Å²) in [5.74, 6) is -0.859. The molecule has 0 aromatic rings. The van der Waals surface area contributed by atoms with E-state index in [9.17, 15) is 14.4 Å². The van der Waals surface area contributed by atoms with E-state index in [-0.39, 0.29) is 31.1 Å². The highest BCUT2D eigenvalue weighted by molar-refractivity contribution is 5.71. The van der Waals surface area contributed by atoms with E-state index in [0.717, 1.165) is 57.8 Å². The van der Waals surface area contributed by atoms with Crippen LogP contribution in [0, 0.1) is 0 Å². The van der Waals surface area contributed by atoms with Crippen LogP contribution in [0.2, 0.25) is 0 Å². The van der Waals surface area contributed by atoms with Gasteiger partial charge in [-0.1, -0.05) is 290 Å². The molecule has 396 valence electrons. The fourth-order valence-corrected chi connectivity index (χ4v) is 9.21. The van der Waals surface area contributed by atoms with Crippen LogP contribution in [-0.4, -0.2) is 37.2 Å². The van der Waals surface area contributed by atoms with Crippen molar-refractivity contribution in [1.82, 2.24) is 0 Å². The summed E-state index contributed by atoms with van der Waals surface area (Å²) in [4.78, 5) is 37.9. The molecule has 67 heavy (non-hydrogen) atoms. The molecule has 0 heterocycles. The molecular weight excluding hydrogens is 829 g/mol. The molecule has 0 aliphatic heterocycles. The maximum Gasteiger partial charge on any atom is 0.306 e. The highest BCUT2D eigenvalue weighted by Gasteiger charge is 2.19. The Kier molecular flexibility index (Phi) is 55.2. The molecule has 0 rings (SSSR count). The second kappa shape index (κ2) is 56.7. The van der Waals surface area contributed by atoms with E-state index in [0.29, 0.717) is 19.3 Å². The van der Waals surface area contributed by atoms with Crippen molar-refractivity contribution in [3.8, 4) is 0 Å². The summed E-state index contributed by atoms with van der Waals surface area (Å²) in [6.07, 6.45) is 65.4. The molecule has 0 radical (unpaired) electrons. The van der Waals surface area contributed by atoms with Crippen LogP contribution in [0.4, 0.5) is 0 Å². The van der Waals surface area contributed by atoms with E-state index in [2.05, 4.69) is 32.9 Å². The minimum absolute atomic E-state index is 0.0668. The van der Waals surface area contributed by atoms with Gasteiger partial charge in [0.25, 0.3) is 0 Å². The third kappa shape index (κ3) is 55.0. The molecule has 0 spiro atoms. The van der Waals surface area contributed by atoms with Crippen LogP contribution in [0.5, 0.6) is 0 Å². The Morgan fingerprint density at radius 2 is 0.493 bits per heavy atom. The van der Waals surface area contributed by atoms with Gasteiger partial charge in [-0.15, -0.1) is 0 Å². The second-order valence-electron chi connectivity index (χ2n) is 20.6. The SMILES string of the molecule is CCCCCCCCC/C=C\CCCCCCCCCC(=O)OC(COC(=O)CCCCCCCC)COC(=O)CCCCCCCCCCCCCCCCCCCCCCCCCCC. The van der Waals surface area contributed by atoms with Gasteiger partial charge in [0, 0.05) is 19.3 Å². The standard InChI is InChI=1S/C61H116O6/c1-4-7-10-13-16-18-20-22-24-26-28-29-30-31-32-33-34-36-37-39-41-43-45-48-51-54-60(63)66-57-58(56-65-59(62)53-50-47-15-12-9-6-3)67-61(64)55-52-49-46-44-42-40-38-35-27-25-23-21-19-17-14-11-8-5-2/h25,27,58H,4-24,26,28-57H2,1-3H3/b27-25-. The first-order valence-corrected chi connectivity index (χ1v) is 30.2. The number of ether oxygens (including phenoxy) is 3. The van der Waals surface area contributed by atoms with Crippen molar-refractivity contribution in [2.75, 3.05) is 13.2 Å². The summed E-state index contributed by atoms with van der Waals surface area (Å²) >= 11 is 0. The molecule has 1 unspecified atom stereocenters. The van der Waals surface area contributed by atoms with Crippen molar-refractivity contribution in [3.63, 3.8) is 0 Å². The van der Waals surface area contributed by atoms with Gasteiger partial charge in [-0.25, -0.2) is 0 Å². The Bertz CT molecular complexity index is 1040. The lowest BCUT2D eigenvalue weighted by Gasteiger charge is -2.18. The number of esters is 3. The maximum absolute atomic E-state index is 12.8. The minimum Gasteiger partial charge on any atom is -0.462 e. The average Bonchev–Trinajstić information content (AvgIpc) is 3.33. The lowest BCUT2D eigenvalue weighted by Crippen LogP contribution is -2.30. The minimum atomic E-state index is -0.765. The van der Waals surface area contributed by atoms with Crippen molar-refractivity contribution in [2.24, 2.45) is 0 Å². The number of carbonyl (C=O) groups is 3. The second-order valence-corrected chi connectivity index (χ2v) is 20.6. The summed E-state index contributed by atoms with van der Waals surface area (Å²) in [5, 5.41) is 0. The van der Waals surface area contributed by atoms with E-state index < -0.39 is 6.10 Å². The molecule has 0 N–H and O–H groups in total. The molecule has 0 aliphatic carbocycles. The largest absolute Gasteiger partial charge is 0.462 e. The average molecular weight is 946 g/mol. The van der Waals surface area contributed by atoms with Crippen LogP contribution in [0.3, 0.4) is 0 Å². The number of rotatable bonds is 56. The first-order valence-electron chi connectivity index (χ1n) is 30.2. The molecule has 0 fully saturated rings. The van der Waals surface area contributed by atoms with Gasteiger partial charge in [-0.05, 0) is 44.9 Å². The highest BCUT2D eigenvalue weighted by atomic mass is 16.6. The number of hydrogen-bond acceptors (Lipinski definition) is 6. The molecule has 6 nitrogen and oxygen atoms in total. The molecule has 0 aromatic heterocycles. The quantitative estimate of drug-likeness (QED) is 0.0262. The van der Waals surface area contributed by atoms with E-state index in [1.165, 1.54) is 244 Å². The Hall–Kier alpha value is -1.85. The normalized spacial score (nSPS) is 12.0. The van der Waals surface area contributed by atoms with Crippen molar-refractivity contribution < 1.29 is 28.6 Å². The smallest absolute Gasteiger partial charge is 0.306 e. The molecular formula is C61H116O6. The zero-order valence-electron chi connectivity index (χ0n) is 45.5. The van der Waals surface area contributed by atoms with Crippen LogP contribution in [-0.2, 0) is 28.6 Å². The fourth-order valence-electron chi connectivity index (χ4n) is 9.21. The van der Waals surface area contributed by atoms with E-state index in [1.54, 1.807) is 0 Å². The Balaban J connectivity index is 4.04. The summed E-state index contributed by atoms with van der Waals surface area (Å²) < 4.78 is 16.8. The van der Waals surface area contributed by atoms with Gasteiger partial charge in [0.2, 0.25) is 0 Å². The van der Waals surface area contributed by atoms with Gasteiger partial charge in [-0.3, -0.25) is 14.4 Å². The zero-order chi connectivity index (χ0) is 48.6. The molecule has 0 amide bonds. The predicted molar refractivity (Wildman–Crippen MR) is 289 cm³/mol. The lowest BCUT2D eigenvalue weighted by molar-refractivity contribution is -0.167. The Morgan fingerprint density at radius 3 is 0.746 bits per heavy atom. The molecule has 0 saturated heterocycles. The van der Waals surface area contributed by atoms with Gasteiger partial charge in [0.1, 0.15) is 13.2 Å². The topological polar surface area (TPSA) is 78.9 Å². The predicted octanol–water partition coefficient (Wildman–Crippen LogP) is 20.1. The van der Waals surface area contributed by atoms with Gasteiger partial charge < -0.3 is 14.2 Å². The third-order valence-corrected chi connectivity index (χ3v) is 13.8. The van der Waals surface area contributed by atoms with Crippen molar-refractivity contribution in [1.29, 1.82) is 0 Å². The van der Waals surface area contributed by atoms with Crippen LogP contribution in [0.1, 0.15) is 342 Å². The number of hydrogen-bond donors (Lipinski definition) is 0. The van der Waals surface area contributed by atoms with Crippen molar-refractivity contribution >= 4 is 17.9 Å². The van der Waals surface area contributed by atoms with Crippen LogP contribution >= 0.6 is 0 Å². The van der Waals surface area contributed by atoms with Crippen molar-refractivity contribution in [3.05, 3.63) is 12.2 Å². The van der Waals surface area contributed by atoms with Gasteiger partial charge >= 0.3 is 17.9 Å². The summed E-state index contributed by atoms with van der Waals surface area (Å²) in [7, 11) is 0. The first-order chi connectivity index (χ1) is 33.0. The van der Waals surface area contributed by atoms with Crippen LogP contribution in [0.25, 0.3) is 0 Å². The molecule has 6 heteroatoms. The first kappa shape index (κ1) is 65.1. The van der Waals surface area contributed by atoms with Gasteiger partial charge in [-0.2, -0.15) is 0 Å². The highest BCUT2D eigenvalue weighted by Crippen LogP contribution is 2.18. The summed E-state index contributed by atoms with van der Waals surface area (Å²) in [6, 6.07) is 0. The Morgan fingerprint density at radius 1 is 0.284 bits per heavy atom. The van der Waals surface area contributed by atoms with Crippen LogP contribution in [0.15, 0.2) is 12.2 Å². The summed E-state index contributed by atoms with van der Waals surface area (Å²) in [6.45, 7) is 6.63. The monoisotopic (exact) mass is 945 g/mol. The summed E-state index contributed by atoms with van der Waals surface area (Å²) in [5.41, 5.74) is 0. The van der Waals surface area contributed by atoms with E-state index >= 15 is 0 Å². The number of carbonyl (C=O) groups excluding carboxylic acids is 3. The molecule has 0 saturated carbocycles. The number of allylic oxidation sites excluding steroid dienone is 2. The van der Waals surface area contributed by atoms with Crippen molar-refractivity contribution in [2.45, 2.75) is 348 Å². The maximum atomic E-state index is 12.8. The van der Waals surface area contributed by atoms with Gasteiger partial charge in [0.15, 0.2) is 6.10 Å². The molecule has 1 atom stereocenters. The molecule has 0 bridgehead atoms. The van der Waals surface area contributed by atoms with E-state index in [1.807, 2.05) is 0 Å². The van der Waals surface area contributed by atoms with Gasteiger partial charge in [0.05, 0.1) is 0 Å². The van der Waals surface area contributed by atoms with E-state index in [4.69, 9.17) is 14.2 Å². The lowest BCUT2D eigenvalue weighted by atomic mass is 10.0. The number of unbranched alkanes of at least 4 members (excludes halogenated alkanes) is 43. The zero-order valence-corrected chi connectivity index (χ0v) is 45.5. The molecule has 0 aliphatic rings. The molecule has 0 aromatic carbocycles. The van der Waals surface area contributed by atoms with Crippen LogP contribution < -0.4 is 0 Å².